The molecule has 4 nitrogen and oxygen atoms in total. The van der Waals surface area contributed by atoms with Crippen molar-refractivity contribution in [3.63, 3.8) is 0 Å². The quantitative estimate of drug-likeness (QED) is 0.637. The molecule has 0 fully saturated rings. The second kappa shape index (κ2) is 8.24. The molecule has 0 aliphatic rings. The third-order valence-electron chi connectivity index (χ3n) is 3.41. The number of nitrogens with zero attached hydrogens (tertiary/aromatic N) is 2. The molecule has 1 amide bonds. The summed E-state index contributed by atoms with van der Waals surface area (Å²) >= 11 is 1.41. The van der Waals surface area contributed by atoms with E-state index in [9.17, 15) is 9.18 Å². The molecule has 0 aliphatic carbocycles. The normalized spacial score (nSPS) is 12.2. The number of thioether (sulfide) groups is 1. The summed E-state index contributed by atoms with van der Waals surface area (Å²) in [6.07, 6.45) is 0. The molecule has 1 aromatic carbocycles. The average molecular weight is 347 g/mol. The maximum atomic E-state index is 12.9. The Morgan fingerprint density at radius 3 is 2.50 bits per heavy atom. The van der Waals surface area contributed by atoms with Gasteiger partial charge in [0.25, 0.3) is 0 Å². The number of rotatable bonds is 6. The number of aromatic nitrogens is 2. The highest BCUT2D eigenvalue weighted by Gasteiger charge is 2.16. The van der Waals surface area contributed by atoms with E-state index in [0.717, 1.165) is 22.1 Å². The van der Waals surface area contributed by atoms with Crippen LogP contribution in [-0.2, 0) is 11.3 Å². The van der Waals surface area contributed by atoms with Crippen molar-refractivity contribution in [3.8, 4) is 0 Å². The van der Waals surface area contributed by atoms with E-state index in [1.165, 1.54) is 23.9 Å². The van der Waals surface area contributed by atoms with Crippen LogP contribution in [0, 0.1) is 12.7 Å². The number of benzene rings is 1. The van der Waals surface area contributed by atoms with Gasteiger partial charge in [-0.15, -0.1) is 0 Å². The number of hydrogen-bond acceptors (Lipinski definition) is 4. The van der Waals surface area contributed by atoms with Crippen molar-refractivity contribution in [1.29, 1.82) is 0 Å². The summed E-state index contributed by atoms with van der Waals surface area (Å²) in [6.45, 7) is 8.24. The summed E-state index contributed by atoms with van der Waals surface area (Å²) in [6, 6.07) is 7.99. The molecule has 0 saturated heterocycles. The first-order valence-corrected chi connectivity index (χ1v) is 8.77. The van der Waals surface area contributed by atoms with E-state index in [1.807, 2.05) is 33.8 Å². The van der Waals surface area contributed by atoms with Crippen LogP contribution >= 0.6 is 11.8 Å². The number of carbonyl (C=O) groups excluding carboxylic acids is 1. The molecule has 0 unspecified atom stereocenters. The third kappa shape index (κ3) is 5.30. The molecule has 0 saturated carbocycles. The molecule has 1 atom stereocenters. The summed E-state index contributed by atoms with van der Waals surface area (Å²) in [4.78, 5) is 21.2. The summed E-state index contributed by atoms with van der Waals surface area (Å²) in [5.41, 5.74) is 1.76. The largest absolute Gasteiger partial charge is 0.351 e. The number of nitrogens with one attached hydrogen (secondary N) is 1. The van der Waals surface area contributed by atoms with Crippen LogP contribution < -0.4 is 5.32 Å². The van der Waals surface area contributed by atoms with E-state index in [2.05, 4.69) is 15.3 Å². The zero-order valence-corrected chi connectivity index (χ0v) is 15.2. The summed E-state index contributed by atoms with van der Waals surface area (Å²) in [5.74, 6) is 0.670. The fourth-order valence-electron chi connectivity index (χ4n) is 2.05. The van der Waals surface area contributed by atoms with Crippen LogP contribution in [0.25, 0.3) is 0 Å². The van der Waals surface area contributed by atoms with Gasteiger partial charge in [0.05, 0.1) is 5.25 Å². The van der Waals surface area contributed by atoms with Gasteiger partial charge < -0.3 is 5.32 Å². The second-order valence-corrected chi connectivity index (χ2v) is 7.33. The standard InChI is InChI=1S/C18H22FN3OS/c1-11(2)17-21-12(3)9-16(22-17)24-13(4)18(23)20-10-14-5-7-15(19)8-6-14/h5-9,11,13H,10H2,1-4H3,(H,20,23)/t13-/m1/s1. The molecule has 0 spiro atoms. The molecule has 1 heterocycles. The Labute approximate surface area is 146 Å². The van der Waals surface area contributed by atoms with Gasteiger partial charge in [-0.1, -0.05) is 37.7 Å². The first kappa shape index (κ1) is 18.4. The van der Waals surface area contributed by atoms with Crippen molar-refractivity contribution in [1.82, 2.24) is 15.3 Å². The van der Waals surface area contributed by atoms with Crippen molar-refractivity contribution in [2.75, 3.05) is 0 Å². The monoisotopic (exact) mass is 347 g/mol. The molecule has 2 rings (SSSR count). The smallest absolute Gasteiger partial charge is 0.233 e. The van der Waals surface area contributed by atoms with Crippen LogP contribution in [0.3, 0.4) is 0 Å². The number of hydrogen-bond donors (Lipinski definition) is 1. The first-order chi connectivity index (χ1) is 11.3. The van der Waals surface area contributed by atoms with Gasteiger partial charge in [-0.05, 0) is 37.6 Å². The fraction of sp³-hybridized carbons (Fsp3) is 0.389. The minimum Gasteiger partial charge on any atom is -0.351 e. The van der Waals surface area contributed by atoms with Gasteiger partial charge in [-0.3, -0.25) is 4.79 Å². The van der Waals surface area contributed by atoms with Crippen LogP contribution in [-0.4, -0.2) is 21.1 Å². The number of carbonyl (C=O) groups is 1. The molecule has 2 aromatic rings. The fourth-order valence-corrected chi connectivity index (χ4v) is 2.99. The SMILES string of the molecule is Cc1cc(S[C@H](C)C(=O)NCc2ccc(F)cc2)nc(C(C)C)n1. The number of amides is 1. The van der Waals surface area contributed by atoms with Crippen LogP contribution in [0.15, 0.2) is 35.4 Å². The predicted octanol–water partition coefficient (Wildman–Crippen LogP) is 3.84. The summed E-state index contributed by atoms with van der Waals surface area (Å²) < 4.78 is 12.9. The maximum Gasteiger partial charge on any atom is 0.233 e. The van der Waals surface area contributed by atoms with Gasteiger partial charge in [0.15, 0.2) is 0 Å². The van der Waals surface area contributed by atoms with E-state index in [-0.39, 0.29) is 22.9 Å². The molecule has 0 radical (unpaired) electrons. The Bertz CT molecular complexity index is 704. The lowest BCUT2D eigenvalue weighted by Crippen LogP contribution is -2.30. The Balaban J connectivity index is 1.95. The zero-order valence-electron chi connectivity index (χ0n) is 14.3. The van der Waals surface area contributed by atoms with Crippen LogP contribution in [0.5, 0.6) is 0 Å². The molecule has 0 bridgehead atoms. The summed E-state index contributed by atoms with van der Waals surface area (Å²) in [7, 11) is 0. The van der Waals surface area contributed by atoms with Crippen molar-refractivity contribution < 1.29 is 9.18 Å². The van der Waals surface area contributed by atoms with Crippen molar-refractivity contribution in [2.24, 2.45) is 0 Å². The van der Waals surface area contributed by atoms with Gasteiger partial charge in [0.2, 0.25) is 5.91 Å². The molecule has 128 valence electrons. The molecule has 24 heavy (non-hydrogen) atoms. The average Bonchev–Trinajstić information content (AvgIpc) is 2.53. The van der Waals surface area contributed by atoms with E-state index in [0.29, 0.717) is 6.54 Å². The van der Waals surface area contributed by atoms with Gasteiger partial charge >= 0.3 is 0 Å². The van der Waals surface area contributed by atoms with E-state index < -0.39 is 0 Å². The third-order valence-corrected chi connectivity index (χ3v) is 4.43. The number of halogens is 1. The molecule has 0 aliphatic heterocycles. The molecule has 1 aromatic heterocycles. The molecule has 6 heteroatoms. The Kier molecular flexibility index (Phi) is 6.31. The molecular formula is C18H22FN3OS. The molecule has 1 N–H and O–H groups in total. The van der Waals surface area contributed by atoms with Gasteiger partial charge in [-0.25, -0.2) is 14.4 Å². The lowest BCUT2D eigenvalue weighted by molar-refractivity contribution is -0.120. The Morgan fingerprint density at radius 2 is 1.88 bits per heavy atom. The lowest BCUT2D eigenvalue weighted by Gasteiger charge is -2.13. The van der Waals surface area contributed by atoms with E-state index in [4.69, 9.17) is 0 Å². The van der Waals surface area contributed by atoms with Crippen LogP contribution in [0.2, 0.25) is 0 Å². The highest BCUT2D eigenvalue weighted by molar-refractivity contribution is 8.00. The topological polar surface area (TPSA) is 54.9 Å². The molecular weight excluding hydrogens is 325 g/mol. The highest BCUT2D eigenvalue weighted by atomic mass is 32.2. The maximum absolute atomic E-state index is 12.9. The highest BCUT2D eigenvalue weighted by Crippen LogP contribution is 2.23. The van der Waals surface area contributed by atoms with E-state index in [1.54, 1.807) is 12.1 Å². The predicted molar refractivity (Wildman–Crippen MR) is 94.4 cm³/mol. The van der Waals surface area contributed by atoms with Gasteiger partial charge in [-0.2, -0.15) is 0 Å². The van der Waals surface area contributed by atoms with Crippen LogP contribution in [0.1, 0.15) is 43.8 Å². The number of aryl methyl sites for hydroxylation is 1. The second-order valence-electron chi connectivity index (χ2n) is 5.96. The Morgan fingerprint density at radius 1 is 1.21 bits per heavy atom. The minimum absolute atomic E-state index is 0.0771. The summed E-state index contributed by atoms with van der Waals surface area (Å²) in [5, 5.41) is 3.39. The zero-order chi connectivity index (χ0) is 17.7. The van der Waals surface area contributed by atoms with Gasteiger partial charge in [0, 0.05) is 18.2 Å². The lowest BCUT2D eigenvalue weighted by atomic mass is 10.2. The van der Waals surface area contributed by atoms with Crippen molar-refractivity contribution in [3.05, 3.63) is 53.2 Å². The van der Waals surface area contributed by atoms with Crippen LogP contribution in [0.4, 0.5) is 4.39 Å². The van der Waals surface area contributed by atoms with Crippen molar-refractivity contribution >= 4 is 17.7 Å². The first-order valence-electron chi connectivity index (χ1n) is 7.89. The van der Waals surface area contributed by atoms with Crippen molar-refractivity contribution in [2.45, 2.75) is 50.4 Å². The Hall–Kier alpha value is -1.95. The van der Waals surface area contributed by atoms with Gasteiger partial charge in [0.1, 0.15) is 16.7 Å². The minimum atomic E-state index is -0.283. The van der Waals surface area contributed by atoms with E-state index >= 15 is 0 Å².